The van der Waals surface area contributed by atoms with Crippen LogP contribution in [0.3, 0.4) is 0 Å². The summed E-state index contributed by atoms with van der Waals surface area (Å²) in [5.41, 5.74) is 0. The van der Waals surface area contributed by atoms with Crippen molar-refractivity contribution < 1.29 is 17.9 Å². The molecule has 0 aliphatic carbocycles. The Hall–Kier alpha value is -0.670. The van der Waals surface area contributed by atoms with Crippen molar-refractivity contribution in [3.8, 4) is 0 Å². The number of carbonyl (C=O) groups excluding carboxylic acids is 1. The molecule has 1 aliphatic heterocycles. The highest BCUT2D eigenvalue weighted by atomic mass is 35.5. The van der Waals surface area contributed by atoms with Gasteiger partial charge in [0, 0.05) is 25.7 Å². The summed E-state index contributed by atoms with van der Waals surface area (Å²) in [5.74, 6) is -0.614. The van der Waals surface area contributed by atoms with Crippen molar-refractivity contribution in [2.24, 2.45) is 0 Å². The number of esters is 1. The molecule has 1 saturated heterocycles. The predicted octanol–water partition coefficient (Wildman–Crippen LogP) is 0.939. The molecular weight excluding hydrogens is 324 g/mol. The van der Waals surface area contributed by atoms with Crippen molar-refractivity contribution >= 4 is 39.7 Å². The van der Waals surface area contributed by atoms with Crippen molar-refractivity contribution in [2.45, 2.75) is 17.9 Å². The first-order valence-corrected chi connectivity index (χ1v) is 8.19. The van der Waals surface area contributed by atoms with Gasteiger partial charge < -0.3 is 10.1 Å². The molecule has 0 aromatic carbocycles. The third kappa shape index (κ3) is 3.15. The first-order valence-electron chi connectivity index (χ1n) is 5.87. The van der Waals surface area contributed by atoms with Crippen LogP contribution in [-0.4, -0.2) is 51.5 Å². The third-order valence-corrected chi connectivity index (χ3v) is 6.11. The van der Waals surface area contributed by atoms with E-state index in [1.807, 2.05) is 6.92 Å². The number of methoxy groups -OCH3 is 1. The molecule has 9 heteroatoms. The zero-order valence-corrected chi connectivity index (χ0v) is 13.6. The van der Waals surface area contributed by atoms with Gasteiger partial charge in [0.2, 0.25) is 10.0 Å². The lowest BCUT2D eigenvalue weighted by atomic mass is 10.3. The molecule has 0 saturated carbocycles. The fourth-order valence-electron chi connectivity index (χ4n) is 2.05. The molecule has 114 valence electrons. The Balaban J connectivity index is 0.00000200. The lowest BCUT2D eigenvalue weighted by Crippen LogP contribution is -2.52. The fourth-order valence-corrected chi connectivity index (χ4v) is 4.99. The number of halogens is 1. The molecule has 0 radical (unpaired) electrons. The molecule has 0 unspecified atom stereocenters. The monoisotopic (exact) mass is 340 g/mol. The second kappa shape index (κ2) is 6.86. The second-order valence-corrected chi connectivity index (χ2v) is 7.05. The molecule has 1 aliphatic rings. The molecule has 0 bridgehead atoms. The highest BCUT2D eigenvalue weighted by molar-refractivity contribution is 7.89. The first kappa shape index (κ1) is 17.4. The highest BCUT2D eigenvalue weighted by Gasteiger charge is 2.34. The molecule has 6 nitrogen and oxygen atoms in total. The van der Waals surface area contributed by atoms with Crippen molar-refractivity contribution in [1.82, 2.24) is 9.62 Å². The van der Waals surface area contributed by atoms with Crippen LogP contribution < -0.4 is 5.32 Å². The van der Waals surface area contributed by atoms with Crippen molar-refractivity contribution in [3.05, 3.63) is 16.3 Å². The van der Waals surface area contributed by atoms with Crippen LogP contribution >= 0.6 is 23.7 Å². The molecule has 20 heavy (non-hydrogen) atoms. The number of hydrogen-bond donors (Lipinski definition) is 1. The Labute approximate surface area is 128 Å². The minimum absolute atomic E-state index is 0. The number of nitrogens with one attached hydrogen (secondary N) is 1. The number of piperazine rings is 1. The van der Waals surface area contributed by atoms with E-state index in [0.29, 0.717) is 19.6 Å². The Morgan fingerprint density at radius 3 is 2.85 bits per heavy atom. The molecule has 0 spiro atoms. The Kier molecular flexibility index (Phi) is 5.96. The number of nitrogens with zero attached hydrogens (tertiary/aromatic N) is 1. The van der Waals surface area contributed by atoms with Crippen LogP contribution in [0.2, 0.25) is 0 Å². The first-order chi connectivity index (χ1) is 8.98. The Morgan fingerprint density at radius 1 is 1.55 bits per heavy atom. The van der Waals surface area contributed by atoms with E-state index in [4.69, 9.17) is 0 Å². The Morgan fingerprint density at radius 2 is 2.25 bits per heavy atom. The van der Waals surface area contributed by atoms with Gasteiger partial charge in [-0.1, -0.05) is 0 Å². The number of rotatable bonds is 3. The predicted molar refractivity (Wildman–Crippen MR) is 79.1 cm³/mol. The Bertz CT molecular complexity index is 573. The van der Waals surface area contributed by atoms with Gasteiger partial charge in [-0.15, -0.1) is 23.7 Å². The third-order valence-electron chi connectivity index (χ3n) is 3.03. The maximum atomic E-state index is 12.6. The lowest BCUT2D eigenvalue weighted by molar-refractivity contribution is 0.0602. The van der Waals surface area contributed by atoms with E-state index in [1.54, 1.807) is 5.38 Å². The summed E-state index contributed by atoms with van der Waals surface area (Å²) in [4.78, 5) is 11.8. The van der Waals surface area contributed by atoms with E-state index in [-0.39, 0.29) is 28.2 Å². The van der Waals surface area contributed by atoms with Gasteiger partial charge in [-0.3, -0.25) is 0 Å². The fraction of sp³-hybridized carbons (Fsp3) is 0.545. The van der Waals surface area contributed by atoms with Gasteiger partial charge in [0.15, 0.2) is 0 Å². The molecule has 0 amide bonds. The van der Waals surface area contributed by atoms with Gasteiger partial charge in [-0.25, -0.2) is 13.2 Å². The molecular formula is C11H17ClN2O4S2. The van der Waals surface area contributed by atoms with Crippen molar-refractivity contribution in [1.29, 1.82) is 0 Å². The van der Waals surface area contributed by atoms with Crippen LogP contribution in [-0.2, 0) is 14.8 Å². The summed E-state index contributed by atoms with van der Waals surface area (Å²) in [6.07, 6.45) is 0. The molecule has 1 N–H and O–H groups in total. The summed E-state index contributed by atoms with van der Waals surface area (Å²) in [7, 11) is -2.41. The van der Waals surface area contributed by atoms with Crippen LogP contribution in [0.15, 0.2) is 16.3 Å². The largest absolute Gasteiger partial charge is 0.465 e. The van der Waals surface area contributed by atoms with E-state index >= 15 is 0 Å². The molecule has 1 aromatic rings. The molecule has 1 aromatic heterocycles. The summed E-state index contributed by atoms with van der Waals surface area (Å²) in [6, 6.07) is 1.32. The van der Waals surface area contributed by atoms with Gasteiger partial charge in [-0.2, -0.15) is 4.31 Å². The highest BCUT2D eigenvalue weighted by Crippen LogP contribution is 2.27. The smallest absolute Gasteiger partial charge is 0.349 e. The molecule has 2 heterocycles. The number of sulfonamides is 1. The van der Waals surface area contributed by atoms with Gasteiger partial charge in [-0.05, 0) is 18.4 Å². The lowest BCUT2D eigenvalue weighted by Gasteiger charge is -2.32. The summed E-state index contributed by atoms with van der Waals surface area (Å²) < 4.78 is 31.2. The van der Waals surface area contributed by atoms with E-state index in [1.165, 1.54) is 17.5 Å². The van der Waals surface area contributed by atoms with E-state index in [9.17, 15) is 13.2 Å². The second-order valence-electron chi connectivity index (χ2n) is 4.27. The SMILES string of the molecule is COC(=O)c1sccc1S(=O)(=O)N1CCNC[C@@H]1C.Cl. The summed E-state index contributed by atoms with van der Waals surface area (Å²) in [5, 5.41) is 4.72. The molecule has 2 rings (SSSR count). The van der Waals surface area contributed by atoms with Crippen LogP contribution in [0.5, 0.6) is 0 Å². The molecule has 1 atom stereocenters. The maximum absolute atomic E-state index is 12.6. The zero-order valence-electron chi connectivity index (χ0n) is 11.2. The topological polar surface area (TPSA) is 75.7 Å². The van der Waals surface area contributed by atoms with Crippen LogP contribution in [0.1, 0.15) is 16.6 Å². The van der Waals surface area contributed by atoms with Gasteiger partial charge in [0.25, 0.3) is 0 Å². The van der Waals surface area contributed by atoms with Gasteiger partial charge in [0.05, 0.1) is 7.11 Å². The van der Waals surface area contributed by atoms with E-state index in [0.717, 1.165) is 11.3 Å². The van der Waals surface area contributed by atoms with Crippen LogP contribution in [0.4, 0.5) is 0 Å². The average Bonchev–Trinajstić information content (AvgIpc) is 2.88. The van der Waals surface area contributed by atoms with Crippen LogP contribution in [0.25, 0.3) is 0 Å². The normalized spacial score (nSPS) is 20.2. The minimum atomic E-state index is -3.65. The number of ether oxygens (including phenoxy) is 1. The summed E-state index contributed by atoms with van der Waals surface area (Å²) >= 11 is 1.08. The van der Waals surface area contributed by atoms with Crippen molar-refractivity contribution in [2.75, 3.05) is 26.7 Å². The number of thiophene rings is 1. The average molecular weight is 341 g/mol. The number of carbonyl (C=O) groups is 1. The maximum Gasteiger partial charge on any atom is 0.349 e. The molecule has 1 fully saturated rings. The summed E-state index contributed by atoms with van der Waals surface area (Å²) in [6.45, 7) is 3.46. The standard InChI is InChI=1S/C11H16N2O4S2.ClH/c1-8-7-12-4-5-13(8)19(15,16)9-3-6-18-10(9)11(14)17-2;/h3,6,8,12H,4-5,7H2,1-2H3;1H/t8-;/m0./s1. The quantitative estimate of drug-likeness (QED) is 0.829. The van der Waals surface area contributed by atoms with Gasteiger partial charge in [0.1, 0.15) is 9.77 Å². The van der Waals surface area contributed by atoms with Crippen molar-refractivity contribution in [3.63, 3.8) is 0 Å². The van der Waals surface area contributed by atoms with Gasteiger partial charge >= 0.3 is 5.97 Å². The van der Waals surface area contributed by atoms with E-state index < -0.39 is 16.0 Å². The van der Waals surface area contributed by atoms with E-state index in [2.05, 4.69) is 10.1 Å². The minimum Gasteiger partial charge on any atom is -0.465 e. The van der Waals surface area contributed by atoms with Crippen LogP contribution in [0, 0.1) is 0 Å². The zero-order chi connectivity index (χ0) is 14.0. The number of hydrogen-bond acceptors (Lipinski definition) is 6.